The van der Waals surface area contributed by atoms with E-state index in [0.29, 0.717) is 11.9 Å². The average molecular weight is 367 g/mol. The predicted molar refractivity (Wildman–Crippen MR) is 86.4 cm³/mol. The van der Waals surface area contributed by atoms with Crippen molar-refractivity contribution in [2.24, 2.45) is 0 Å². The Labute approximate surface area is 128 Å². The van der Waals surface area contributed by atoms with Crippen LogP contribution in [-0.2, 0) is 11.5 Å². The van der Waals surface area contributed by atoms with Gasteiger partial charge in [0, 0.05) is 16.4 Å². The second-order valence-electron chi connectivity index (χ2n) is 5.14. The van der Waals surface area contributed by atoms with E-state index >= 15 is 0 Å². The van der Waals surface area contributed by atoms with Crippen LogP contribution in [0.2, 0.25) is 5.15 Å². The lowest BCUT2D eigenvalue weighted by atomic mass is 10.4. The Morgan fingerprint density at radius 2 is 2.11 bits per heavy atom. The van der Waals surface area contributed by atoms with Crippen LogP contribution in [-0.4, -0.2) is 45.7 Å². The van der Waals surface area contributed by atoms with E-state index in [2.05, 4.69) is 44.7 Å². The van der Waals surface area contributed by atoms with Crippen molar-refractivity contribution in [2.75, 3.05) is 31.1 Å². The third kappa shape index (κ3) is 3.84. The van der Waals surface area contributed by atoms with Crippen molar-refractivity contribution in [3.63, 3.8) is 0 Å². The first-order valence-corrected chi connectivity index (χ1v) is 9.97. The fraction of sp³-hybridized carbons (Fsp3) is 0.500. The summed E-state index contributed by atoms with van der Waals surface area (Å²) in [5.74, 6) is 1.10. The summed E-state index contributed by atoms with van der Waals surface area (Å²) in [5, 5.41) is 1.28. The molecule has 0 radical (unpaired) electrons. The van der Waals surface area contributed by atoms with Crippen LogP contribution in [0.4, 0.5) is 0 Å². The second kappa shape index (κ2) is 5.99. The van der Waals surface area contributed by atoms with Crippen molar-refractivity contribution in [3.05, 3.63) is 22.1 Å². The molecule has 0 atom stereocenters. The summed E-state index contributed by atoms with van der Waals surface area (Å²) in [5.41, 5.74) is 0.787. The van der Waals surface area contributed by atoms with Crippen molar-refractivity contribution < 1.29 is 4.74 Å². The van der Waals surface area contributed by atoms with Crippen molar-refractivity contribution >= 4 is 48.6 Å². The molecule has 19 heavy (non-hydrogen) atoms. The van der Waals surface area contributed by atoms with E-state index < -0.39 is 10.0 Å². The maximum Gasteiger partial charge on any atom is 0.147 e. The second-order valence-corrected chi connectivity index (χ2v) is 10.9. The summed E-state index contributed by atoms with van der Waals surface area (Å²) in [6.45, 7) is 1.24. The van der Waals surface area contributed by atoms with Crippen LogP contribution >= 0.6 is 37.6 Å². The van der Waals surface area contributed by atoms with Crippen LogP contribution in [0.15, 0.2) is 17.0 Å². The molecular weight excluding hydrogens is 350 g/mol. The molecule has 7 heteroatoms. The lowest BCUT2D eigenvalue weighted by Gasteiger charge is -2.24. The van der Waals surface area contributed by atoms with Crippen molar-refractivity contribution in [3.8, 4) is 0 Å². The fourth-order valence-electron chi connectivity index (χ4n) is 1.61. The van der Waals surface area contributed by atoms with Gasteiger partial charge in [0.25, 0.3) is 0 Å². The van der Waals surface area contributed by atoms with Gasteiger partial charge >= 0.3 is 0 Å². The number of nitrogens with zero attached hydrogens (tertiary/aromatic N) is 3. The Hall–Kier alpha value is -0.300. The Kier molecular flexibility index (Phi) is 4.76. The van der Waals surface area contributed by atoms with E-state index in [4.69, 9.17) is 16.3 Å². The van der Waals surface area contributed by atoms with Crippen LogP contribution in [0.25, 0.3) is 11.0 Å². The summed E-state index contributed by atoms with van der Waals surface area (Å²) in [6, 6.07) is 0. The van der Waals surface area contributed by atoms with Gasteiger partial charge in [-0.15, -0.1) is 0 Å². The molecule has 0 aromatic carbocycles. The molecule has 4 nitrogen and oxygen atoms in total. The van der Waals surface area contributed by atoms with Crippen LogP contribution < -0.4 is 0 Å². The maximum atomic E-state index is 6.06. The smallest absolute Gasteiger partial charge is 0.147 e. The first-order valence-electron chi connectivity index (χ1n) is 5.77. The first kappa shape index (κ1) is 15.1. The van der Waals surface area contributed by atoms with E-state index in [1.807, 2.05) is 10.8 Å². The van der Waals surface area contributed by atoms with Gasteiger partial charge in [-0.1, -0.05) is 11.6 Å². The molecular formula is C12H17BrClN3OS. The average Bonchev–Trinajstić information content (AvgIpc) is 2.62. The van der Waals surface area contributed by atoms with E-state index in [0.717, 1.165) is 27.9 Å². The van der Waals surface area contributed by atoms with Gasteiger partial charge in [-0.3, -0.25) is 0 Å². The van der Waals surface area contributed by atoms with Gasteiger partial charge in [0.15, 0.2) is 0 Å². The number of fused-ring (bicyclic) bond motifs is 1. The highest BCUT2D eigenvalue weighted by molar-refractivity contribution is 9.10. The monoisotopic (exact) mass is 365 g/mol. The first-order chi connectivity index (χ1) is 8.88. The normalized spacial score (nSPS) is 13.1. The lowest BCUT2D eigenvalue weighted by molar-refractivity contribution is 0.0923. The molecule has 0 aliphatic rings. The number of hydrogen-bond acceptors (Lipinski definition) is 3. The number of rotatable bonds is 5. The summed E-state index contributed by atoms with van der Waals surface area (Å²) >= 11 is 9.54. The largest absolute Gasteiger partial charge is 0.360 e. The molecule has 106 valence electrons. The quantitative estimate of drug-likeness (QED) is 0.600. The minimum atomic E-state index is -0.513. The molecule has 0 amide bonds. The van der Waals surface area contributed by atoms with Gasteiger partial charge in [0.2, 0.25) is 0 Å². The number of ether oxygens (including phenoxy) is 1. The minimum Gasteiger partial charge on any atom is -0.360 e. The van der Waals surface area contributed by atoms with Crippen LogP contribution in [0.5, 0.6) is 0 Å². The van der Waals surface area contributed by atoms with Crippen LogP contribution in [0.1, 0.15) is 0 Å². The topological polar surface area (TPSA) is 39.9 Å². The van der Waals surface area contributed by atoms with Gasteiger partial charge in [-0.2, -0.15) is 0 Å². The van der Waals surface area contributed by atoms with Crippen molar-refractivity contribution in [2.45, 2.75) is 6.73 Å². The van der Waals surface area contributed by atoms with E-state index in [1.54, 1.807) is 0 Å². The molecule has 0 unspecified atom stereocenters. The third-order valence-electron chi connectivity index (χ3n) is 2.63. The zero-order valence-corrected chi connectivity index (χ0v) is 14.3. The lowest BCUT2D eigenvalue weighted by Crippen LogP contribution is -2.09. The van der Waals surface area contributed by atoms with E-state index in [-0.39, 0.29) is 0 Å². The molecule has 2 rings (SSSR count). The van der Waals surface area contributed by atoms with Gasteiger partial charge in [-0.25, -0.2) is 20.0 Å². The highest BCUT2D eigenvalue weighted by Crippen LogP contribution is 2.33. The molecule has 0 fully saturated rings. The fourth-order valence-corrected chi connectivity index (χ4v) is 3.19. The summed E-state index contributed by atoms with van der Waals surface area (Å²) in [7, 11) is -0.513. The molecule has 0 N–H and O–H groups in total. The zero-order chi connectivity index (χ0) is 14.0. The SMILES string of the molecule is CS(C)(C)CCOCn1cc(Br)c2c(Cl)ncnc21. The Morgan fingerprint density at radius 1 is 1.37 bits per heavy atom. The van der Waals surface area contributed by atoms with E-state index in [1.165, 1.54) is 6.33 Å². The highest BCUT2D eigenvalue weighted by atomic mass is 79.9. The molecule has 0 spiro atoms. The third-order valence-corrected chi connectivity index (χ3v) is 4.91. The highest BCUT2D eigenvalue weighted by Gasteiger charge is 2.12. The summed E-state index contributed by atoms with van der Waals surface area (Å²) in [6.07, 6.45) is 10.2. The van der Waals surface area contributed by atoms with Crippen LogP contribution in [0.3, 0.4) is 0 Å². The molecule has 0 saturated heterocycles. The Morgan fingerprint density at radius 3 is 2.79 bits per heavy atom. The standard InChI is InChI=1S/C12H17BrClN3OS/c1-19(2,3)5-4-18-8-17-6-9(13)10-11(14)15-7-16-12(10)17/h6-7H,4-5,8H2,1-3H3. The van der Waals surface area contributed by atoms with Gasteiger partial charge in [0.1, 0.15) is 23.9 Å². The molecule has 0 bridgehead atoms. The summed E-state index contributed by atoms with van der Waals surface area (Å²) in [4.78, 5) is 8.24. The Bertz CT molecular complexity index is 582. The maximum absolute atomic E-state index is 6.06. The summed E-state index contributed by atoms with van der Waals surface area (Å²) < 4.78 is 8.54. The van der Waals surface area contributed by atoms with E-state index in [9.17, 15) is 0 Å². The van der Waals surface area contributed by atoms with Crippen LogP contribution in [0, 0.1) is 0 Å². The van der Waals surface area contributed by atoms with Gasteiger partial charge in [-0.05, 0) is 34.7 Å². The Balaban J connectivity index is 2.08. The molecule has 2 aromatic heterocycles. The molecule has 2 heterocycles. The zero-order valence-electron chi connectivity index (χ0n) is 11.2. The number of aromatic nitrogens is 3. The van der Waals surface area contributed by atoms with Gasteiger partial charge in [0.05, 0.1) is 12.0 Å². The molecule has 0 saturated carbocycles. The number of halogens is 2. The molecule has 0 aliphatic heterocycles. The van der Waals surface area contributed by atoms with Crippen molar-refractivity contribution in [1.29, 1.82) is 0 Å². The minimum absolute atomic E-state index is 0.453. The number of hydrogen-bond donors (Lipinski definition) is 0. The van der Waals surface area contributed by atoms with Crippen molar-refractivity contribution in [1.82, 2.24) is 14.5 Å². The molecule has 2 aromatic rings. The predicted octanol–water partition coefficient (Wildman–Crippen LogP) is 3.52. The molecule has 0 aliphatic carbocycles. The van der Waals surface area contributed by atoms with Gasteiger partial charge < -0.3 is 9.30 Å².